The summed E-state index contributed by atoms with van der Waals surface area (Å²) in [6.07, 6.45) is 4.29. The lowest BCUT2D eigenvalue weighted by atomic mass is 9.91. The van der Waals surface area contributed by atoms with Crippen molar-refractivity contribution in [1.82, 2.24) is 9.97 Å². The molecule has 1 aliphatic heterocycles. The lowest BCUT2D eigenvalue weighted by Crippen LogP contribution is -2.49. The fourth-order valence-corrected chi connectivity index (χ4v) is 2.61. The molecule has 1 aliphatic rings. The van der Waals surface area contributed by atoms with Crippen LogP contribution in [-0.4, -0.2) is 43.2 Å². The molecule has 0 saturated carbocycles. The maximum Gasteiger partial charge on any atom is 0.226 e. The molecule has 1 aromatic heterocycles. The molecule has 0 aliphatic carbocycles. The SMILES string of the molecule is CC1CCCN(c2ccnc(N(C)C)n2)C1CN. The van der Waals surface area contributed by atoms with Crippen molar-refractivity contribution < 1.29 is 0 Å². The lowest BCUT2D eigenvalue weighted by molar-refractivity contribution is 0.348. The zero-order valence-electron chi connectivity index (χ0n) is 11.5. The third-order valence-corrected chi connectivity index (χ3v) is 3.68. The van der Waals surface area contributed by atoms with E-state index in [4.69, 9.17) is 5.73 Å². The first-order valence-electron chi connectivity index (χ1n) is 6.60. The van der Waals surface area contributed by atoms with Crippen LogP contribution in [0.15, 0.2) is 12.3 Å². The third kappa shape index (κ3) is 2.56. The predicted octanol–water partition coefficient (Wildman–Crippen LogP) is 1.11. The summed E-state index contributed by atoms with van der Waals surface area (Å²) >= 11 is 0. The Kier molecular flexibility index (Phi) is 4.01. The van der Waals surface area contributed by atoms with Crippen molar-refractivity contribution in [2.75, 3.05) is 37.0 Å². The predicted molar refractivity (Wildman–Crippen MR) is 74.9 cm³/mol. The van der Waals surface area contributed by atoms with Gasteiger partial charge in [-0.3, -0.25) is 0 Å². The Morgan fingerprint density at radius 2 is 2.28 bits per heavy atom. The van der Waals surface area contributed by atoms with Gasteiger partial charge in [0.15, 0.2) is 0 Å². The number of aromatic nitrogens is 2. The highest BCUT2D eigenvalue weighted by Gasteiger charge is 2.28. The molecule has 5 nitrogen and oxygen atoms in total. The standard InChI is InChI=1S/C13H23N5/c1-10-5-4-8-18(11(10)9-14)12-6-7-15-13(16-12)17(2)3/h6-7,10-11H,4-5,8-9,14H2,1-3H3. The van der Waals surface area contributed by atoms with E-state index in [1.807, 2.05) is 31.3 Å². The maximum absolute atomic E-state index is 5.92. The molecule has 0 bridgehead atoms. The molecular formula is C13H23N5. The molecule has 1 saturated heterocycles. The van der Waals surface area contributed by atoms with Crippen LogP contribution < -0.4 is 15.5 Å². The highest BCUT2D eigenvalue weighted by molar-refractivity contribution is 5.44. The highest BCUT2D eigenvalue weighted by atomic mass is 15.3. The largest absolute Gasteiger partial charge is 0.352 e. The van der Waals surface area contributed by atoms with Crippen LogP contribution in [-0.2, 0) is 0 Å². The zero-order chi connectivity index (χ0) is 13.1. The number of piperidine rings is 1. The van der Waals surface area contributed by atoms with Crippen molar-refractivity contribution in [3.8, 4) is 0 Å². The highest BCUT2D eigenvalue weighted by Crippen LogP contribution is 2.27. The van der Waals surface area contributed by atoms with Crippen LogP contribution >= 0.6 is 0 Å². The van der Waals surface area contributed by atoms with Gasteiger partial charge in [0.2, 0.25) is 5.95 Å². The van der Waals surface area contributed by atoms with Crippen molar-refractivity contribution in [3.05, 3.63) is 12.3 Å². The van der Waals surface area contributed by atoms with Gasteiger partial charge in [0, 0.05) is 39.4 Å². The van der Waals surface area contributed by atoms with Crippen LogP contribution in [0.3, 0.4) is 0 Å². The van der Waals surface area contributed by atoms with E-state index in [0.717, 1.165) is 18.3 Å². The van der Waals surface area contributed by atoms with E-state index < -0.39 is 0 Å². The topological polar surface area (TPSA) is 58.3 Å². The molecule has 2 rings (SSSR count). The van der Waals surface area contributed by atoms with Gasteiger partial charge in [0.05, 0.1) is 0 Å². The number of anilines is 2. The van der Waals surface area contributed by atoms with E-state index in [9.17, 15) is 0 Å². The van der Waals surface area contributed by atoms with Crippen molar-refractivity contribution >= 4 is 11.8 Å². The van der Waals surface area contributed by atoms with Crippen molar-refractivity contribution in [3.63, 3.8) is 0 Å². The quantitative estimate of drug-likeness (QED) is 0.869. The third-order valence-electron chi connectivity index (χ3n) is 3.68. The molecule has 18 heavy (non-hydrogen) atoms. The smallest absolute Gasteiger partial charge is 0.226 e. The molecule has 1 aromatic rings. The molecule has 1 fully saturated rings. The first-order valence-corrected chi connectivity index (χ1v) is 6.60. The summed E-state index contributed by atoms with van der Waals surface area (Å²) in [6.45, 7) is 4.00. The molecule has 0 radical (unpaired) electrons. The molecule has 2 heterocycles. The molecule has 0 amide bonds. The number of hydrogen-bond acceptors (Lipinski definition) is 5. The van der Waals surface area contributed by atoms with Gasteiger partial charge in [-0.25, -0.2) is 4.98 Å². The Morgan fingerprint density at radius 3 is 2.94 bits per heavy atom. The van der Waals surface area contributed by atoms with E-state index in [1.165, 1.54) is 12.8 Å². The van der Waals surface area contributed by atoms with Gasteiger partial charge < -0.3 is 15.5 Å². The number of nitrogens with two attached hydrogens (primary N) is 1. The van der Waals surface area contributed by atoms with E-state index in [1.54, 1.807) is 0 Å². The summed E-state index contributed by atoms with van der Waals surface area (Å²) in [5.74, 6) is 2.37. The minimum absolute atomic E-state index is 0.392. The second kappa shape index (κ2) is 5.52. The molecule has 2 unspecified atom stereocenters. The fourth-order valence-electron chi connectivity index (χ4n) is 2.61. The summed E-state index contributed by atoms with van der Waals surface area (Å²) < 4.78 is 0. The van der Waals surface area contributed by atoms with Gasteiger partial charge in [0.25, 0.3) is 0 Å². The van der Waals surface area contributed by atoms with Crippen molar-refractivity contribution in [2.24, 2.45) is 11.7 Å². The molecule has 100 valence electrons. The Hall–Kier alpha value is -1.36. The lowest BCUT2D eigenvalue weighted by Gasteiger charge is -2.40. The van der Waals surface area contributed by atoms with Crippen LogP contribution in [0.1, 0.15) is 19.8 Å². The minimum atomic E-state index is 0.392. The van der Waals surface area contributed by atoms with Gasteiger partial charge in [-0.15, -0.1) is 0 Å². The van der Waals surface area contributed by atoms with Gasteiger partial charge >= 0.3 is 0 Å². The molecule has 2 atom stereocenters. The van der Waals surface area contributed by atoms with Crippen LogP contribution in [0.25, 0.3) is 0 Å². The summed E-state index contributed by atoms with van der Waals surface area (Å²) in [5.41, 5.74) is 5.92. The number of hydrogen-bond donors (Lipinski definition) is 1. The maximum atomic E-state index is 5.92. The van der Waals surface area contributed by atoms with E-state index >= 15 is 0 Å². The molecular weight excluding hydrogens is 226 g/mol. The monoisotopic (exact) mass is 249 g/mol. The van der Waals surface area contributed by atoms with Crippen LogP contribution in [0.4, 0.5) is 11.8 Å². The van der Waals surface area contributed by atoms with Crippen LogP contribution in [0.2, 0.25) is 0 Å². The molecule has 5 heteroatoms. The van der Waals surface area contributed by atoms with Gasteiger partial charge in [-0.05, 0) is 24.8 Å². The second-order valence-corrected chi connectivity index (χ2v) is 5.23. The molecule has 0 spiro atoms. The fraction of sp³-hybridized carbons (Fsp3) is 0.692. The van der Waals surface area contributed by atoms with E-state index in [2.05, 4.69) is 21.8 Å². The zero-order valence-corrected chi connectivity index (χ0v) is 11.5. The molecule has 0 aromatic carbocycles. The van der Waals surface area contributed by atoms with Gasteiger partial charge in [-0.1, -0.05) is 6.92 Å². The van der Waals surface area contributed by atoms with E-state index in [0.29, 0.717) is 18.5 Å². The summed E-state index contributed by atoms with van der Waals surface area (Å²) in [4.78, 5) is 13.1. The Labute approximate surface area is 109 Å². The van der Waals surface area contributed by atoms with Gasteiger partial charge in [-0.2, -0.15) is 4.98 Å². The molecule has 2 N–H and O–H groups in total. The Bertz CT molecular complexity index is 393. The summed E-state index contributed by atoms with van der Waals surface area (Å²) in [6, 6.07) is 2.37. The number of rotatable bonds is 3. The number of nitrogens with zero attached hydrogens (tertiary/aromatic N) is 4. The van der Waals surface area contributed by atoms with E-state index in [-0.39, 0.29) is 0 Å². The second-order valence-electron chi connectivity index (χ2n) is 5.23. The van der Waals surface area contributed by atoms with Crippen molar-refractivity contribution in [1.29, 1.82) is 0 Å². The Morgan fingerprint density at radius 1 is 1.50 bits per heavy atom. The van der Waals surface area contributed by atoms with Crippen LogP contribution in [0.5, 0.6) is 0 Å². The first-order chi connectivity index (χ1) is 8.63. The first kappa shape index (κ1) is 13.1. The summed E-state index contributed by atoms with van der Waals surface area (Å²) in [5, 5.41) is 0. The minimum Gasteiger partial charge on any atom is -0.352 e. The summed E-state index contributed by atoms with van der Waals surface area (Å²) in [7, 11) is 3.91. The average molecular weight is 249 g/mol. The van der Waals surface area contributed by atoms with Crippen molar-refractivity contribution in [2.45, 2.75) is 25.8 Å². The van der Waals surface area contributed by atoms with Gasteiger partial charge in [0.1, 0.15) is 5.82 Å². The normalized spacial score (nSPS) is 24.1. The Balaban J connectivity index is 2.26. The van der Waals surface area contributed by atoms with Crippen LogP contribution in [0, 0.1) is 5.92 Å². The average Bonchev–Trinajstić information content (AvgIpc) is 2.38.